The van der Waals surface area contributed by atoms with Crippen molar-refractivity contribution in [2.75, 3.05) is 0 Å². The second kappa shape index (κ2) is 20.2. The van der Waals surface area contributed by atoms with Crippen molar-refractivity contribution in [3.8, 4) is 117 Å². The van der Waals surface area contributed by atoms with E-state index in [-0.39, 0.29) is 5.92 Å². The third-order valence-electron chi connectivity index (χ3n) is 15.2. The van der Waals surface area contributed by atoms with Crippen molar-refractivity contribution in [1.29, 1.82) is 52.6 Å². The summed E-state index contributed by atoms with van der Waals surface area (Å²) >= 11 is 0. The highest BCUT2D eigenvalue weighted by molar-refractivity contribution is 6.13. The van der Waals surface area contributed by atoms with Crippen molar-refractivity contribution in [3.63, 3.8) is 0 Å². The van der Waals surface area contributed by atoms with Gasteiger partial charge in [0, 0.05) is 33.3 Å². The molecule has 12 rings (SSSR count). The molecule has 1 aliphatic rings. The molecule has 0 aliphatic heterocycles. The SMILES string of the molecule is N#Cc1cccc(-c2c(-n3c4c(c5cc(-c6ccc(C#N)cc6C#N)ccc53)CC(c3ccc(C#N)cc3C#N)C=C4)cc(C#N)cc2-n2c3ccc(-c4ccc(C#N)cc4C#N)cc3c3cc(-c4ccc(C#N)cc4C#N)ccc32)c1. The van der Waals surface area contributed by atoms with Crippen LogP contribution in [-0.2, 0) is 6.42 Å². The van der Waals surface area contributed by atoms with Crippen molar-refractivity contribution in [1.82, 2.24) is 9.13 Å². The lowest BCUT2D eigenvalue weighted by molar-refractivity contribution is 0.822. The molecule has 0 N–H and O–H groups in total. The van der Waals surface area contributed by atoms with Crippen molar-refractivity contribution in [3.05, 3.63) is 242 Å². The molecule has 82 heavy (non-hydrogen) atoms. The fourth-order valence-electron chi connectivity index (χ4n) is 11.5. The predicted molar refractivity (Wildman–Crippen MR) is 308 cm³/mol. The van der Waals surface area contributed by atoms with E-state index in [1.54, 1.807) is 72.8 Å². The molecular weight excluding hydrogens is 1010 g/mol. The molecule has 12 nitrogen and oxygen atoms in total. The molecule has 1 unspecified atom stereocenters. The Balaban J connectivity index is 1.19. The average Bonchev–Trinajstić information content (AvgIpc) is 2.31. The lowest BCUT2D eigenvalue weighted by Gasteiger charge is -2.23. The van der Waals surface area contributed by atoms with E-state index < -0.39 is 0 Å². The number of fused-ring (bicyclic) bond motifs is 6. The fraction of sp³-hybridized carbons (Fsp3) is 0.0286. The normalized spacial score (nSPS) is 12.0. The topological polar surface area (TPSA) is 248 Å². The summed E-state index contributed by atoms with van der Waals surface area (Å²) < 4.78 is 4.19. The lowest BCUT2D eigenvalue weighted by Crippen LogP contribution is -2.10. The Morgan fingerprint density at radius 2 is 0.768 bits per heavy atom. The standard InChI is InChI=1S/C70H32N12/c71-31-41-2-1-3-51(20-41)70-68(81-64-16-8-47(56-12-4-42(32-72)21-52(56)37-77)27-60(64)61-28-48(9-17-65(61)81)57-13-5-43(33-73)22-53(57)38-78)25-46(36-76)26-69(70)82-66-18-10-49(58-14-6-44(34-74)23-54(58)39-79)29-62(66)63-30-50(11-19-67(63)82)59-15-7-45(35-75)24-55(59)40-80/h1-29,50H,30H2. The number of rotatable bonds is 7. The van der Waals surface area contributed by atoms with Crippen LogP contribution in [0.1, 0.15) is 78.4 Å². The number of nitriles is 10. The van der Waals surface area contributed by atoms with Crippen molar-refractivity contribution in [2.45, 2.75) is 12.3 Å². The number of benzene rings is 9. The Morgan fingerprint density at radius 1 is 0.341 bits per heavy atom. The quantitative estimate of drug-likeness (QED) is 0.146. The van der Waals surface area contributed by atoms with Gasteiger partial charge in [0.2, 0.25) is 0 Å². The molecule has 11 aromatic rings. The minimum absolute atomic E-state index is 0.301. The molecule has 1 aliphatic carbocycles. The first-order valence-corrected chi connectivity index (χ1v) is 25.5. The summed E-state index contributed by atoms with van der Waals surface area (Å²) in [4.78, 5) is 0. The van der Waals surface area contributed by atoms with Crippen LogP contribution in [0.25, 0.3) is 94.7 Å². The summed E-state index contributed by atoms with van der Waals surface area (Å²) in [7, 11) is 0. The molecule has 0 amide bonds. The van der Waals surface area contributed by atoms with Crippen molar-refractivity contribution < 1.29 is 0 Å². The molecule has 0 saturated heterocycles. The van der Waals surface area contributed by atoms with Crippen LogP contribution in [0.4, 0.5) is 0 Å². The average molecular weight is 1040 g/mol. The van der Waals surface area contributed by atoms with Crippen LogP contribution < -0.4 is 0 Å². The van der Waals surface area contributed by atoms with Gasteiger partial charge in [-0.15, -0.1) is 0 Å². The molecule has 0 spiro atoms. The summed E-state index contributed by atoms with van der Waals surface area (Å²) in [5.41, 5.74) is 14.4. The van der Waals surface area contributed by atoms with Gasteiger partial charge in [-0.25, -0.2) is 0 Å². The van der Waals surface area contributed by atoms with Gasteiger partial charge in [-0.3, -0.25) is 0 Å². The van der Waals surface area contributed by atoms with Gasteiger partial charge in [-0.05, 0) is 172 Å². The van der Waals surface area contributed by atoms with E-state index >= 15 is 0 Å². The zero-order valence-electron chi connectivity index (χ0n) is 42.9. The predicted octanol–water partition coefficient (Wildman–Crippen LogP) is 14.5. The number of nitrogens with zero attached hydrogens (tertiary/aromatic N) is 12. The molecule has 0 radical (unpaired) electrons. The molecular formula is C70H32N12. The summed E-state index contributed by atoms with van der Waals surface area (Å²) in [6.07, 6.45) is 4.47. The Morgan fingerprint density at radius 3 is 1.24 bits per heavy atom. The highest BCUT2D eigenvalue weighted by Gasteiger charge is 2.29. The Labute approximate surface area is 469 Å². The molecule has 0 bridgehead atoms. The van der Waals surface area contributed by atoms with Gasteiger partial charge >= 0.3 is 0 Å². The third kappa shape index (κ3) is 8.16. The van der Waals surface area contributed by atoms with E-state index in [0.717, 1.165) is 44.1 Å². The molecule has 2 aromatic heterocycles. The molecule has 0 saturated carbocycles. The van der Waals surface area contributed by atoms with E-state index in [0.29, 0.717) is 123 Å². The summed E-state index contributed by atoms with van der Waals surface area (Å²) in [5.74, 6) is -0.301. The van der Waals surface area contributed by atoms with Crippen LogP contribution in [0, 0.1) is 113 Å². The smallest absolute Gasteiger partial charge is 0.0998 e. The highest BCUT2D eigenvalue weighted by atomic mass is 15.0. The van der Waals surface area contributed by atoms with Crippen LogP contribution in [-0.4, -0.2) is 9.13 Å². The number of allylic oxidation sites excluding steroid dienone is 1. The van der Waals surface area contributed by atoms with E-state index in [1.807, 2.05) is 103 Å². The molecule has 12 heteroatoms. The second-order valence-electron chi connectivity index (χ2n) is 19.6. The minimum Gasteiger partial charge on any atom is -0.309 e. The number of hydrogen-bond donors (Lipinski definition) is 0. The maximum Gasteiger partial charge on any atom is 0.0998 e. The van der Waals surface area contributed by atoms with Gasteiger partial charge in [0.05, 0.1) is 144 Å². The van der Waals surface area contributed by atoms with Crippen LogP contribution in [0.15, 0.2) is 170 Å². The molecule has 1 atom stereocenters. The monoisotopic (exact) mass is 1040 g/mol. The summed E-state index contributed by atoms with van der Waals surface area (Å²) in [6.45, 7) is 0. The maximum absolute atomic E-state index is 11.2. The van der Waals surface area contributed by atoms with Gasteiger partial charge in [0.1, 0.15) is 0 Å². The van der Waals surface area contributed by atoms with E-state index in [1.165, 1.54) is 0 Å². The number of hydrogen-bond acceptors (Lipinski definition) is 10. The highest BCUT2D eigenvalue weighted by Crippen LogP contribution is 2.47. The largest absolute Gasteiger partial charge is 0.309 e. The van der Waals surface area contributed by atoms with Gasteiger partial charge < -0.3 is 9.13 Å². The van der Waals surface area contributed by atoms with Gasteiger partial charge in [0.15, 0.2) is 0 Å². The van der Waals surface area contributed by atoms with E-state index in [4.69, 9.17) is 0 Å². The maximum atomic E-state index is 11.2. The minimum atomic E-state index is -0.301. The summed E-state index contributed by atoms with van der Waals surface area (Å²) in [5, 5.41) is 104. The van der Waals surface area contributed by atoms with E-state index in [9.17, 15) is 52.6 Å². The molecule has 9 aromatic carbocycles. The van der Waals surface area contributed by atoms with Gasteiger partial charge in [0.25, 0.3) is 0 Å². The van der Waals surface area contributed by atoms with Crippen molar-refractivity contribution in [2.24, 2.45) is 0 Å². The first kappa shape index (κ1) is 49.8. The second-order valence-corrected chi connectivity index (χ2v) is 19.6. The fourth-order valence-corrected chi connectivity index (χ4v) is 11.5. The van der Waals surface area contributed by atoms with Gasteiger partial charge in [-0.1, -0.05) is 60.7 Å². The number of aromatic nitrogens is 2. The van der Waals surface area contributed by atoms with Crippen LogP contribution in [0.5, 0.6) is 0 Å². The third-order valence-corrected chi connectivity index (χ3v) is 15.2. The van der Waals surface area contributed by atoms with Crippen LogP contribution in [0.3, 0.4) is 0 Å². The van der Waals surface area contributed by atoms with E-state index in [2.05, 4.69) is 69.8 Å². The first-order valence-electron chi connectivity index (χ1n) is 25.5. The Hall–Kier alpha value is -13.0. The Kier molecular flexibility index (Phi) is 12.2. The zero-order chi connectivity index (χ0) is 56.8. The van der Waals surface area contributed by atoms with Crippen molar-refractivity contribution >= 4 is 38.8 Å². The van der Waals surface area contributed by atoms with Crippen LogP contribution >= 0.6 is 0 Å². The summed E-state index contributed by atoms with van der Waals surface area (Å²) in [6, 6.07) is 71.0. The zero-order valence-corrected chi connectivity index (χ0v) is 42.9. The van der Waals surface area contributed by atoms with Crippen LogP contribution in [0.2, 0.25) is 0 Å². The first-order chi connectivity index (χ1) is 40.2. The molecule has 372 valence electrons. The molecule has 2 heterocycles. The lowest BCUT2D eigenvalue weighted by atomic mass is 9.84. The molecule has 0 fully saturated rings. The van der Waals surface area contributed by atoms with Gasteiger partial charge in [-0.2, -0.15) is 52.6 Å². The Bertz CT molecular complexity index is 5030.